The molecule has 0 unspecified atom stereocenters. The number of methoxy groups -OCH3 is 1. The van der Waals surface area contributed by atoms with E-state index in [1.54, 1.807) is 18.2 Å². The number of phenolic OH excluding ortho intramolecular Hbond substituents is 1. The first-order valence-corrected chi connectivity index (χ1v) is 6.13. The van der Waals surface area contributed by atoms with Crippen LogP contribution >= 0.6 is 0 Å². The minimum atomic E-state index is -0.345. The van der Waals surface area contributed by atoms with Gasteiger partial charge in [-0.2, -0.15) is 0 Å². The summed E-state index contributed by atoms with van der Waals surface area (Å²) in [6, 6.07) is 4.97. The van der Waals surface area contributed by atoms with E-state index < -0.39 is 0 Å². The van der Waals surface area contributed by atoms with Gasteiger partial charge in [0.05, 0.1) is 12.7 Å². The van der Waals surface area contributed by atoms with E-state index in [9.17, 15) is 9.90 Å². The zero-order chi connectivity index (χ0) is 12.3. The van der Waals surface area contributed by atoms with E-state index in [1.807, 2.05) is 0 Å². The molecule has 0 aliphatic heterocycles. The Morgan fingerprint density at radius 3 is 2.65 bits per heavy atom. The van der Waals surface area contributed by atoms with Crippen molar-refractivity contribution in [1.82, 2.24) is 0 Å². The molecule has 3 heteroatoms. The standard InChI is InChI=1S/C14H18O3/c1-17-14(16)11-7-8-13(15)12(9-11)10-5-3-2-4-6-10/h7-10,15H,2-6H2,1H3. The number of aromatic hydroxyl groups is 1. The average molecular weight is 234 g/mol. The molecule has 1 fully saturated rings. The second kappa shape index (κ2) is 5.21. The molecule has 1 aliphatic rings. The van der Waals surface area contributed by atoms with Gasteiger partial charge in [-0.05, 0) is 42.5 Å². The maximum Gasteiger partial charge on any atom is 0.337 e. The first-order chi connectivity index (χ1) is 8.22. The number of carbonyl (C=O) groups excluding carboxylic acids is 1. The van der Waals surface area contributed by atoms with Crippen molar-refractivity contribution >= 4 is 5.97 Å². The van der Waals surface area contributed by atoms with E-state index in [4.69, 9.17) is 4.74 Å². The van der Waals surface area contributed by atoms with E-state index in [0.29, 0.717) is 17.2 Å². The molecule has 0 bridgehead atoms. The van der Waals surface area contributed by atoms with Gasteiger partial charge in [-0.3, -0.25) is 0 Å². The Balaban J connectivity index is 2.28. The third kappa shape index (κ3) is 2.60. The lowest BCUT2D eigenvalue weighted by Crippen LogP contribution is -2.07. The van der Waals surface area contributed by atoms with Gasteiger partial charge in [-0.1, -0.05) is 19.3 Å². The highest BCUT2D eigenvalue weighted by Gasteiger charge is 2.20. The van der Waals surface area contributed by atoms with Crippen LogP contribution in [0, 0.1) is 0 Å². The molecule has 0 amide bonds. The van der Waals surface area contributed by atoms with Crippen LogP contribution in [0.25, 0.3) is 0 Å². The number of carbonyl (C=O) groups is 1. The Hall–Kier alpha value is -1.51. The topological polar surface area (TPSA) is 46.5 Å². The summed E-state index contributed by atoms with van der Waals surface area (Å²) in [5.41, 5.74) is 1.42. The summed E-state index contributed by atoms with van der Waals surface area (Å²) < 4.78 is 4.70. The molecule has 1 aromatic rings. The minimum absolute atomic E-state index is 0.296. The van der Waals surface area contributed by atoms with Gasteiger partial charge in [0.2, 0.25) is 0 Å². The zero-order valence-corrected chi connectivity index (χ0v) is 10.1. The zero-order valence-electron chi connectivity index (χ0n) is 10.1. The van der Waals surface area contributed by atoms with Crippen molar-refractivity contribution in [3.05, 3.63) is 29.3 Å². The van der Waals surface area contributed by atoms with E-state index in [1.165, 1.54) is 26.4 Å². The molecular weight excluding hydrogens is 216 g/mol. The number of hydrogen-bond acceptors (Lipinski definition) is 3. The summed E-state index contributed by atoms with van der Waals surface area (Å²) in [6.45, 7) is 0. The smallest absolute Gasteiger partial charge is 0.337 e. The maximum absolute atomic E-state index is 11.5. The van der Waals surface area contributed by atoms with Crippen molar-refractivity contribution in [2.24, 2.45) is 0 Å². The third-order valence-corrected chi connectivity index (χ3v) is 3.49. The second-order valence-corrected chi connectivity index (χ2v) is 4.60. The molecule has 1 saturated carbocycles. The summed E-state index contributed by atoms with van der Waals surface area (Å²) in [4.78, 5) is 11.5. The van der Waals surface area contributed by atoms with Crippen molar-refractivity contribution in [3.63, 3.8) is 0 Å². The molecule has 0 saturated heterocycles. The molecule has 2 rings (SSSR count). The van der Waals surface area contributed by atoms with Crippen molar-refractivity contribution in [1.29, 1.82) is 0 Å². The first kappa shape index (κ1) is 12.0. The summed E-state index contributed by atoms with van der Waals surface area (Å²) in [5, 5.41) is 9.89. The molecule has 1 aliphatic carbocycles. The van der Waals surface area contributed by atoms with E-state index >= 15 is 0 Å². The Labute approximate surface area is 101 Å². The molecule has 92 valence electrons. The molecule has 17 heavy (non-hydrogen) atoms. The Morgan fingerprint density at radius 1 is 1.29 bits per heavy atom. The third-order valence-electron chi connectivity index (χ3n) is 3.49. The monoisotopic (exact) mass is 234 g/mol. The highest BCUT2D eigenvalue weighted by molar-refractivity contribution is 5.89. The molecule has 0 atom stereocenters. The summed E-state index contributed by atoms with van der Waals surface area (Å²) in [6.07, 6.45) is 5.86. The van der Waals surface area contributed by atoms with Crippen LogP contribution in [-0.4, -0.2) is 18.2 Å². The largest absolute Gasteiger partial charge is 0.508 e. The van der Waals surface area contributed by atoms with Gasteiger partial charge in [0.25, 0.3) is 0 Å². The SMILES string of the molecule is COC(=O)c1ccc(O)c(C2CCCCC2)c1. The molecule has 1 N–H and O–H groups in total. The Morgan fingerprint density at radius 2 is 2.00 bits per heavy atom. The van der Waals surface area contributed by atoms with Crippen LogP contribution in [0.5, 0.6) is 5.75 Å². The van der Waals surface area contributed by atoms with Gasteiger partial charge in [0.1, 0.15) is 5.75 Å². The quantitative estimate of drug-likeness (QED) is 0.799. The molecule has 1 aromatic carbocycles. The molecular formula is C14H18O3. The number of benzene rings is 1. The molecule has 0 spiro atoms. The number of esters is 1. The lowest BCUT2D eigenvalue weighted by atomic mass is 9.83. The fourth-order valence-corrected chi connectivity index (χ4v) is 2.54. The van der Waals surface area contributed by atoms with E-state index in [-0.39, 0.29) is 5.97 Å². The Kier molecular flexibility index (Phi) is 3.67. The van der Waals surface area contributed by atoms with Crippen LogP contribution in [0.1, 0.15) is 53.9 Å². The van der Waals surface area contributed by atoms with Crippen molar-refractivity contribution in [2.45, 2.75) is 38.0 Å². The molecule has 0 heterocycles. The predicted molar refractivity (Wildman–Crippen MR) is 65.3 cm³/mol. The number of rotatable bonds is 2. The molecule has 0 radical (unpaired) electrons. The summed E-state index contributed by atoms with van der Waals surface area (Å²) in [5.74, 6) is 0.333. The van der Waals surface area contributed by atoms with Gasteiger partial charge >= 0.3 is 5.97 Å². The van der Waals surface area contributed by atoms with Crippen LogP contribution in [0.2, 0.25) is 0 Å². The lowest BCUT2D eigenvalue weighted by molar-refractivity contribution is 0.0600. The van der Waals surface area contributed by atoms with Crippen molar-refractivity contribution in [3.8, 4) is 5.75 Å². The van der Waals surface area contributed by atoms with Gasteiger partial charge in [0.15, 0.2) is 0 Å². The van der Waals surface area contributed by atoms with Gasteiger partial charge < -0.3 is 9.84 Å². The molecule has 3 nitrogen and oxygen atoms in total. The number of hydrogen-bond donors (Lipinski definition) is 1. The van der Waals surface area contributed by atoms with Gasteiger partial charge in [0, 0.05) is 0 Å². The summed E-state index contributed by atoms with van der Waals surface area (Å²) in [7, 11) is 1.37. The van der Waals surface area contributed by atoms with Crippen LogP contribution < -0.4 is 0 Å². The van der Waals surface area contributed by atoms with Gasteiger partial charge in [-0.25, -0.2) is 4.79 Å². The van der Waals surface area contributed by atoms with Crippen LogP contribution in [0.4, 0.5) is 0 Å². The highest BCUT2D eigenvalue weighted by atomic mass is 16.5. The lowest BCUT2D eigenvalue weighted by Gasteiger charge is -2.23. The average Bonchev–Trinajstić information content (AvgIpc) is 2.39. The fourth-order valence-electron chi connectivity index (χ4n) is 2.54. The van der Waals surface area contributed by atoms with E-state index in [0.717, 1.165) is 18.4 Å². The Bertz CT molecular complexity index is 406. The summed E-state index contributed by atoms with van der Waals surface area (Å²) >= 11 is 0. The predicted octanol–water partition coefficient (Wildman–Crippen LogP) is 3.23. The fraction of sp³-hybridized carbons (Fsp3) is 0.500. The number of phenols is 1. The highest BCUT2D eigenvalue weighted by Crippen LogP contribution is 2.37. The van der Waals surface area contributed by atoms with Gasteiger partial charge in [-0.15, -0.1) is 0 Å². The molecule has 0 aromatic heterocycles. The van der Waals surface area contributed by atoms with Crippen molar-refractivity contribution < 1.29 is 14.6 Å². The normalized spacial score (nSPS) is 16.8. The van der Waals surface area contributed by atoms with Crippen LogP contribution in [0.3, 0.4) is 0 Å². The van der Waals surface area contributed by atoms with Crippen molar-refractivity contribution in [2.75, 3.05) is 7.11 Å². The second-order valence-electron chi connectivity index (χ2n) is 4.60. The minimum Gasteiger partial charge on any atom is -0.508 e. The first-order valence-electron chi connectivity index (χ1n) is 6.13. The number of ether oxygens (including phenoxy) is 1. The van der Waals surface area contributed by atoms with E-state index in [2.05, 4.69) is 0 Å². The maximum atomic E-state index is 11.5. The van der Waals surface area contributed by atoms with Crippen LogP contribution in [-0.2, 0) is 4.74 Å². The van der Waals surface area contributed by atoms with Crippen LogP contribution in [0.15, 0.2) is 18.2 Å².